The number of pyridine rings is 1. The van der Waals surface area contributed by atoms with Crippen molar-refractivity contribution in [2.75, 3.05) is 12.9 Å². The van der Waals surface area contributed by atoms with E-state index in [9.17, 15) is 9.59 Å². The average molecular weight is 356 g/mol. The fourth-order valence-corrected chi connectivity index (χ4v) is 2.95. The molecule has 3 rings (SSSR count). The zero-order valence-electron chi connectivity index (χ0n) is 13.4. The minimum atomic E-state index is -0.836. The van der Waals surface area contributed by atoms with Gasteiger partial charge in [-0.1, -0.05) is 42.1 Å². The molecule has 0 fully saturated rings. The van der Waals surface area contributed by atoms with Crippen molar-refractivity contribution in [2.24, 2.45) is 0 Å². The van der Waals surface area contributed by atoms with Crippen LogP contribution in [0.5, 0.6) is 0 Å². The van der Waals surface area contributed by atoms with E-state index >= 15 is 0 Å². The predicted octanol–water partition coefficient (Wildman–Crippen LogP) is 2.08. The van der Waals surface area contributed by atoms with Gasteiger partial charge in [0.15, 0.2) is 16.8 Å². The highest BCUT2D eigenvalue weighted by Gasteiger charge is 2.23. The molecule has 0 aliphatic rings. The Kier molecular flexibility index (Phi) is 5.30. The van der Waals surface area contributed by atoms with E-state index in [-0.39, 0.29) is 11.7 Å². The second-order valence-electron chi connectivity index (χ2n) is 5.14. The molecule has 0 aliphatic carbocycles. The number of rotatable bonds is 6. The molecule has 2 aromatic heterocycles. The SMILES string of the molecule is COC(=O)[C@H](NC(=O)CSc1nc2ncccc2[nH]1)c1ccccc1. The maximum absolute atomic E-state index is 12.2. The number of aromatic amines is 1. The van der Waals surface area contributed by atoms with Gasteiger partial charge in [0, 0.05) is 6.20 Å². The molecule has 8 heteroatoms. The Bertz CT molecular complexity index is 849. The number of carbonyl (C=O) groups is 2. The topological polar surface area (TPSA) is 97.0 Å². The van der Waals surface area contributed by atoms with Gasteiger partial charge in [0.1, 0.15) is 0 Å². The molecule has 1 amide bonds. The van der Waals surface area contributed by atoms with Crippen molar-refractivity contribution in [1.82, 2.24) is 20.3 Å². The number of hydrogen-bond donors (Lipinski definition) is 2. The number of H-pyrrole nitrogens is 1. The van der Waals surface area contributed by atoms with Crippen molar-refractivity contribution in [3.63, 3.8) is 0 Å². The molecule has 25 heavy (non-hydrogen) atoms. The van der Waals surface area contributed by atoms with E-state index in [2.05, 4.69) is 20.3 Å². The number of nitrogens with one attached hydrogen (secondary N) is 2. The Balaban J connectivity index is 1.64. The highest BCUT2D eigenvalue weighted by molar-refractivity contribution is 7.99. The number of imidazole rings is 1. The summed E-state index contributed by atoms with van der Waals surface area (Å²) in [5.74, 6) is -0.699. The fourth-order valence-electron chi connectivity index (χ4n) is 2.27. The molecule has 0 saturated carbocycles. The first-order chi connectivity index (χ1) is 12.2. The molecule has 0 saturated heterocycles. The number of thioether (sulfide) groups is 1. The van der Waals surface area contributed by atoms with Crippen LogP contribution in [0, 0.1) is 0 Å². The van der Waals surface area contributed by atoms with E-state index in [1.165, 1.54) is 18.9 Å². The minimum absolute atomic E-state index is 0.111. The van der Waals surface area contributed by atoms with Crippen molar-refractivity contribution < 1.29 is 14.3 Å². The molecule has 0 radical (unpaired) electrons. The summed E-state index contributed by atoms with van der Waals surface area (Å²) in [6.07, 6.45) is 1.66. The number of esters is 1. The van der Waals surface area contributed by atoms with Crippen LogP contribution in [0.3, 0.4) is 0 Å². The van der Waals surface area contributed by atoms with Crippen LogP contribution >= 0.6 is 11.8 Å². The van der Waals surface area contributed by atoms with Gasteiger partial charge in [0.05, 0.1) is 18.4 Å². The third-order valence-electron chi connectivity index (χ3n) is 3.45. The fraction of sp³-hybridized carbons (Fsp3) is 0.176. The molecule has 128 valence electrons. The lowest BCUT2D eigenvalue weighted by Crippen LogP contribution is -2.35. The summed E-state index contributed by atoms with van der Waals surface area (Å²) in [6, 6.07) is 11.8. The van der Waals surface area contributed by atoms with Crippen LogP contribution in [0.1, 0.15) is 11.6 Å². The molecule has 1 atom stereocenters. The zero-order valence-corrected chi connectivity index (χ0v) is 14.2. The van der Waals surface area contributed by atoms with Gasteiger partial charge in [-0.3, -0.25) is 4.79 Å². The molecule has 0 aliphatic heterocycles. The Labute approximate surface area is 148 Å². The molecule has 7 nitrogen and oxygen atoms in total. The summed E-state index contributed by atoms with van der Waals surface area (Å²) >= 11 is 1.24. The third kappa shape index (κ3) is 4.16. The first kappa shape index (κ1) is 17.0. The number of hydrogen-bond acceptors (Lipinski definition) is 6. The molecule has 2 N–H and O–H groups in total. The molecule has 2 heterocycles. The van der Waals surface area contributed by atoms with Crippen LogP contribution in [0.25, 0.3) is 11.2 Å². The van der Waals surface area contributed by atoms with Crippen molar-refractivity contribution in [2.45, 2.75) is 11.2 Å². The minimum Gasteiger partial charge on any atom is -0.467 e. The van der Waals surface area contributed by atoms with Gasteiger partial charge in [0.2, 0.25) is 5.91 Å². The van der Waals surface area contributed by atoms with Gasteiger partial charge in [0.25, 0.3) is 0 Å². The van der Waals surface area contributed by atoms with Gasteiger partial charge < -0.3 is 15.0 Å². The lowest BCUT2D eigenvalue weighted by molar-refractivity contribution is -0.145. The molecule has 1 aromatic carbocycles. The van der Waals surface area contributed by atoms with E-state index in [1.807, 2.05) is 18.2 Å². The van der Waals surface area contributed by atoms with Crippen LogP contribution in [0.2, 0.25) is 0 Å². The Hall–Kier alpha value is -2.87. The largest absolute Gasteiger partial charge is 0.467 e. The number of ether oxygens (including phenoxy) is 1. The van der Waals surface area contributed by atoms with Crippen LogP contribution < -0.4 is 5.32 Å². The standard InChI is InChI=1S/C17H16N4O3S/c1-24-16(23)14(11-6-3-2-4-7-11)20-13(22)10-25-17-19-12-8-5-9-18-15(12)21-17/h2-9,14H,10H2,1H3,(H,20,22)(H,18,19,21)/t14-/m1/s1. The van der Waals surface area contributed by atoms with Crippen LogP contribution in [0.15, 0.2) is 53.8 Å². The number of carbonyl (C=O) groups excluding carboxylic acids is 2. The number of amides is 1. The van der Waals surface area contributed by atoms with Crippen molar-refractivity contribution in [1.29, 1.82) is 0 Å². The second kappa shape index (κ2) is 7.80. The summed E-state index contributed by atoms with van der Waals surface area (Å²) < 4.78 is 4.78. The monoisotopic (exact) mass is 356 g/mol. The Morgan fingerprint density at radius 1 is 1.24 bits per heavy atom. The lowest BCUT2D eigenvalue weighted by Gasteiger charge is -2.16. The van der Waals surface area contributed by atoms with Crippen LogP contribution in [-0.2, 0) is 14.3 Å². The number of benzene rings is 1. The quantitative estimate of drug-likeness (QED) is 0.518. The normalized spacial score (nSPS) is 11.9. The van der Waals surface area contributed by atoms with Gasteiger partial charge in [-0.15, -0.1) is 0 Å². The molecule has 0 spiro atoms. The van der Waals surface area contributed by atoms with Gasteiger partial charge >= 0.3 is 5.97 Å². The maximum atomic E-state index is 12.2. The molecule has 0 unspecified atom stereocenters. The summed E-state index contributed by atoms with van der Waals surface area (Å²) in [6.45, 7) is 0. The third-order valence-corrected chi connectivity index (χ3v) is 4.32. The van der Waals surface area contributed by atoms with Crippen LogP contribution in [0.4, 0.5) is 0 Å². The smallest absolute Gasteiger partial charge is 0.333 e. The van der Waals surface area contributed by atoms with E-state index in [1.54, 1.807) is 30.5 Å². The zero-order chi connectivity index (χ0) is 17.6. The van der Waals surface area contributed by atoms with Crippen molar-refractivity contribution in [3.05, 3.63) is 54.2 Å². The van der Waals surface area contributed by atoms with Gasteiger partial charge in [-0.25, -0.2) is 14.8 Å². The maximum Gasteiger partial charge on any atom is 0.333 e. The first-order valence-electron chi connectivity index (χ1n) is 7.53. The predicted molar refractivity (Wildman–Crippen MR) is 94.0 cm³/mol. The van der Waals surface area contributed by atoms with Crippen molar-refractivity contribution in [3.8, 4) is 0 Å². The molecule has 0 bridgehead atoms. The van der Waals surface area contributed by atoms with Crippen molar-refractivity contribution >= 4 is 34.8 Å². The van der Waals surface area contributed by atoms with Crippen LogP contribution in [-0.4, -0.2) is 39.7 Å². The average Bonchev–Trinajstić information content (AvgIpc) is 3.07. The number of aromatic nitrogens is 3. The van der Waals surface area contributed by atoms with Gasteiger partial charge in [-0.05, 0) is 17.7 Å². The molecular weight excluding hydrogens is 340 g/mol. The molecule has 3 aromatic rings. The summed E-state index contributed by atoms with van der Waals surface area (Å²) in [5, 5.41) is 3.29. The van der Waals surface area contributed by atoms with Gasteiger partial charge in [-0.2, -0.15) is 0 Å². The highest BCUT2D eigenvalue weighted by atomic mass is 32.2. The van der Waals surface area contributed by atoms with E-state index in [0.29, 0.717) is 16.4 Å². The summed E-state index contributed by atoms with van der Waals surface area (Å²) in [4.78, 5) is 35.7. The highest BCUT2D eigenvalue weighted by Crippen LogP contribution is 2.19. The summed E-state index contributed by atoms with van der Waals surface area (Å²) in [5.41, 5.74) is 2.07. The number of fused-ring (bicyclic) bond motifs is 1. The summed E-state index contributed by atoms with van der Waals surface area (Å²) in [7, 11) is 1.29. The van der Waals surface area contributed by atoms with E-state index in [0.717, 1.165) is 5.52 Å². The molecular formula is C17H16N4O3S. The second-order valence-corrected chi connectivity index (χ2v) is 6.10. The number of methoxy groups -OCH3 is 1. The Morgan fingerprint density at radius 3 is 2.76 bits per heavy atom. The first-order valence-corrected chi connectivity index (χ1v) is 8.51. The van der Waals surface area contributed by atoms with E-state index < -0.39 is 12.0 Å². The van der Waals surface area contributed by atoms with E-state index in [4.69, 9.17) is 4.74 Å². The lowest BCUT2D eigenvalue weighted by atomic mass is 10.1. The Morgan fingerprint density at radius 2 is 2.04 bits per heavy atom. The number of nitrogens with zero attached hydrogens (tertiary/aromatic N) is 2.